The predicted molar refractivity (Wildman–Crippen MR) is 51.1 cm³/mol. The van der Waals surface area contributed by atoms with Crippen LogP contribution in [-0.2, 0) is 4.74 Å². The van der Waals surface area contributed by atoms with Gasteiger partial charge in [0.05, 0.1) is 5.60 Å². The number of hydrogen-bond donors (Lipinski definition) is 1. The molecule has 0 amide bonds. The Labute approximate surface area is 82.8 Å². The molecular weight excluding hydrogens is 182 g/mol. The Kier molecular flexibility index (Phi) is 2.41. The molecule has 14 heavy (non-hydrogen) atoms. The summed E-state index contributed by atoms with van der Waals surface area (Å²) in [5, 5.41) is 6.78. The highest BCUT2D eigenvalue weighted by molar-refractivity contribution is 5.19. The summed E-state index contributed by atoms with van der Waals surface area (Å²) in [4.78, 5) is 4.06. The van der Waals surface area contributed by atoms with Crippen molar-refractivity contribution in [2.75, 3.05) is 18.5 Å². The van der Waals surface area contributed by atoms with Gasteiger partial charge in [0.1, 0.15) is 0 Å². The zero-order valence-electron chi connectivity index (χ0n) is 8.54. The third-order valence-electron chi connectivity index (χ3n) is 2.44. The lowest BCUT2D eigenvalue weighted by Gasteiger charge is -2.22. The molecule has 0 bridgehead atoms. The lowest BCUT2D eigenvalue weighted by atomic mass is 10.0. The number of hydrogen-bond acceptors (Lipinski definition) is 5. The fraction of sp³-hybridized carbons (Fsp3) is 0.778. The summed E-state index contributed by atoms with van der Waals surface area (Å²) in [7, 11) is 0. The number of aryl methyl sites for hydroxylation is 1. The van der Waals surface area contributed by atoms with Gasteiger partial charge < -0.3 is 14.6 Å². The molecule has 1 aliphatic rings. The maximum absolute atomic E-state index is 5.62. The van der Waals surface area contributed by atoms with Gasteiger partial charge in [-0.2, -0.15) is 4.98 Å². The fourth-order valence-corrected chi connectivity index (χ4v) is 1.61. The molecule has 1 aromatic rings. The van der Waals surface area contributed by atoms with Gasteiger partial charge in [-0.15, -0.1) is 0 Å². The van der Waals surface area contributed by atoms with E-state index >= 15 is 0 Å². The normalized spacial score (nSPS) is 26.7. The molecule has 1 fully saturated rings. The van der Waals surface area contributed by atoms with E-state index in [0.717, 1.165) is 19.4 Å². The van der Waals surface area contributed by atoms with Crippen molar-refractivity contribution in [1.82, 2.24) is 10.1 Å². The summed E-state index contributed by atoms with van der Waals surface area (Å²) >= 11 is 0. The SMILES string of the molecule is Cc1noc(NCC2(C)CCCO2)n1. The first kappa shape index (κ1) is 9.45. The molecule has 0 radical (unpaired) electrons. The Bertz CT molecular complexity index is 305. The smallest absolute Gasteiger partial charge is 0.321 e. The monoisotopic (exact) mass is 197 g/mol. The first-order valence-corrected chi connectivity index (χ1v) is 4.86. The van der Waals surface area contributed by atoms with Crippen LogP contribution in [0.1, 0.15) is 25.6 Å². The average Bonchev–Trinajstić information content (AvgIpc) is 2.73. The number of aromatic nitrogens is 2. The Morgan fingerprint density at radius 3 is 3.00 bits per heavy atom. The Balaban J connectivity index is 1.87. The fourth-order valence-electron chi connectivity index (χ4n) is 1.61. The van der Waals surface area contributed by atoms with Crippen molar-refractivity contribution in [3.05, 3.63) is 5.82 Å². The van der Waals surface area contributed by atoms with E-state index in [9.17, 15) is 0 Å². The molecule has 5 heteroatoms. The second-order valence-corrected chi connectivity index (χ2v) is 3.90. The Hall–Kier alpha value is -1.10. The van der Waals surface area contributed by atoms with Crippen molar-refractivity contribution in [3.63, 3.8) is 0 Å². The van der Waals surface area contributed by atoms with Crippen LogP contribution in [0.5, 0.6) is 0 Å². The van der Waals surface area contributed by atoms with Crippen LogP contribution in [0.15, 0.2) is 4.52 Å². The Morgan fingerprint density at radius 1 is 1.57 bits per heavy atom. The highest BCUT2D eigenvalue weighted by atomic mass is 16.5. The molecule has 1 saturated heterocycles. The lowest BCUT2D eigenvalue weighted by molar-refractivity contribution is 0.0310. The van der Waals surface area contributed by atoms with Gasteiger partial charge in [-0.3, -0.25) is 0 Å². The number of rotatable bonds is 3. The quantitative estimate of drug-likeness (QED) is 0.792. The van der Waals surface area contributed by atoms with E-state index in [0.29, 0.717) is 18.4 Å². The first-order valence-electron chi connectivity index (χ1n) is 4.86. The van der Waals surface area contributed by atoms with E-state index in [1.54, 1.807) is 6.92 Å². The molecular formula is C9H15N3O2. The molecule has 1 atom stereocenters. The molecule has 0 aliphatic carbocycles. The highest BCUT2D eigenvalue weighted by Gasteiger charge is 2.29. The summed E-state index contributed by atoms with van der Waals surface area (Å²) in [6, 6.07) is 0.472. The van der Waals surface area contributed by atoms with Gasteiger partial charge in [-0.25, -0.2) is 0 Å². The zero-order valence-corrected chi connectivity index (χ0v) is 8.54. The van der Waals surface area contributed by atoms with Crippen LogP contribution < -0.4 is 5.32 Å². The second-order valence-electron chi connectivity index (χ2n) is 3.90. The average molecular weight is 197 g/mol. The van der Waals surface area contributed by atoms with E-state index in [4.69, 9.17) is 9.26 Å². The number of anilines is 1. The van der Waals surface area contributed by atoms with E-state index in [-0.39, 0.29) is 5.60 Å². The minimum Gasteiger partial charge on any atom is -0.373 e. The van der Waals surface area contributed by atoms with Gasteiger partial charge in [0.15, 0.2) is 5.82 Å². The van der Waals surface area contributed by atoms with Crippen LogP contribution in [-0.4, -0.2) is 28.9 Å². The summed E-state index contributed by atoms with van der Waals surface area (Å²) < 4.78 is 10.6. The molecule has 0 spiro atoms. The van der Waals surface area contributed by atoms with Crippen LogP contribution in [0.2, 0.25) is 0 Å². The third-order valence-corrected chi connectivity index (χ3v) is 2.44. The van der Waals surface area contributed by atoms with Gasteiger partial charge in [-0.1, -0.05) is 5.16 Å². The third kappa shape index (κ3) is 2.04. The summed E-state index contributed by atoms with van der Waals surface area (Å²) in [5.41, 5.74) is -0.0810. The molecule has 1 aromatic heterocycles. The van der Waals surface area contributed by atoms with Crippen molar-refractivity contribution in [2.45, 2.75) is 32.3 Å². The van der Waals surface area contributed by atoms with E-state index < -0.39 is 0 Å². The highest BCUT2D eigenvalue weighted by Crippen LogP contribution is 2.24. The largest absolute Gasteiger partial charge is 0.373 e. The van der Waals surface area contributed by atoms with Crippen molar-refractivity contribution in [1.29, 1.82) is 0 Å². The van der Waals surface area contributed by atoms with Gasteiger partial charge >= 0.3 is 6.01 Å². The number of ether oxygens (including phenoxy) is 1. The zero-order chi connectivity index (χ0) is 10.0. The minimum absolute atomic E-state index is 0.0810. The van der Waals surface area contributed by atoms with Crippen LogP contribution in [0, 0.1) is 6.92 Å². The maximum Gasteiger partial charge on any atom is 0.321 e. The van der Waals surface area contributed by atoms with E-state index in [2.05, 4.69) is 22.4 Å². The number of nitrogens with one attached hydrogen (secondary N) is 1. The van der Waals surface area contributed by atoms with Gasteiger partial charge in [0.25, 0.3) is 0 Å². The molecule has 0 aromatic carbocycles. The van der Waals surface area contributed by atoms with Crippen molar-refractivity contribution >= 4 is 6.01 Å². The maximum atomic E-state index is 5.62. The minimum atomic E-state index is -0.0810. The molecule has 1 N–H and O–H groups in total. The van der Waals surface area contributed by atoms with Crippen LogP contribution in [0.4, 0.5) is 6.01 Å². The Morgan fingerprint density at radius 2 is 2.43 bits per heavy atom. The van der Waals surface area contributed by atoms with Crippen LogP contribution in [0.3, 0.4) is 0 Å². The molecule has 1 unspecified atom stereocenters. The van der Waals surface area contributed by atoms with Crippen LogP contribution >= 0.6 is 0 Å². The second kappa shape index (κ2) is 3.57. The lowest BCUT2D eigenvalue weighted by Crippen LogP contribution is -2.32. The van der Waals surface area contributed by atoms with Gasteiger partial charge in [-0.05, 0) is 26.7 Å². The molecule has 2 rings (SSSR count). The summed E-state index contributed by atoms with van der Waals surface area (Å²) in [6.45, 7) is 5.45. The van der Waals surface area contributed by atoms with E-state index in [1.165, 1.54) is 0 Å². The van der Waals surface area contributed by atoms with Crippen molar-refractivity contribution in [2.24, 2.45) is 0 Å². The topological polar surface area (TPSA) is 60.2 Å². The molecule has 0 saturated carbocycles. The van der Waals surface area contributed by atoms with Crippen molar-refractivity contribution in [3.8, 4) is 0 Å². The molecule has 2 heterocycles. The number of nitrogens with zero attached hydrogens (tertiary/aromatic N) is 2. The van der Waals surface area contributed by atoms with Gasteiger partial charge in [0.2, 0.25) is 0 Å². The molecule has 5 nitrogen and oxygen atoms in total. The summed E-state index contributed by atoms with van der Waals surface area (Å²) in [5.74, 6) is 0.644. The molecule has 78 valence electrons. The summed E-state index contributed by atoms with van der Waals surface area (Å²) in [6.07, 6.45) is 2.20. The van der Waals surface area contributed by atoms with E-state index in [1.807, 2.05) is 0 Å². The van der Waals surface area contributed by atoms with Crippen molar-refractivity contribution < 1.29 is 9.26 Å². The van der Waals surface area contributed by atoms with Gasteiger partial charge in [0, 0.05) is 13.2 Å². The first-order chi connectivity index (χ1) is 6.68. The predicted octanol–water partition coefficient (Wildman–Crippen LogP) is 1.36. The standard InChI is InChI=1S/C9H15N3O2/c1-7-11-8(14-12-7)10-6-9(2)4-3-5-13-9/h3-6H2,1-2H3,(H,10,11,12). The van der Waals surface area contributed by atoms with Crippen LogP contribution in [0.25, 0.3) is 0 Å². The molecule has 1 aliphatic heterocycles.